The van der Waals surface area contributed by atoms with E-state index in [1.807, 2.05) is 18.4 Å². The first-order chi connectivity index (χ1) is 18.1. The fourth-order valence-corrected chi connectivity index (χ4v) is 6.98. The molecule has 2 atom stereocenters. The first kappa shape index (κ1) is 28.1. The molecule has 2 aromatic carbocycles. The van der Waals surface area contributed by atoms with E-state index in [0.717, 1.165) is 10.2 Å². The highest BCUT2D eigenvalue weighted by Gasteiger charge is 2.32. The molecule has 4 rings (SSSR count). The topological polar surface area (TPSA) is 117 Å². The third kappa shape index (κ3) is 6.05. The van der Waals surface area contributed by atoms with Crippen molar-refractivity contribution in [3.05, 3.63) is 58.4 Å². The minimum absolute atomic E-state index is 0.110. The van der Waals surface area contributed by atoms with Gasteiger partial charge >= 0.3 is 5.97 Å². The van der Waals surface area contributed by atoms with Gasteiger partial charge in [-0.1, -0.05) is 11.3 Å². The van der Waals surface area contributed by atoms with Crippen LogP contribution in [0.25, 0.3) is 10.2 Å². The lowest BCUT2D eigenvalue weighted by Gasteiger charge is -2.34. The van der Waals surface area contributed by atoms with Crippen molar-refractivity contribution in [2.24, 2.45) is 4.99 Å². The first-order valence-corrected chi connectivity index (χ1v) is 14.5. The monoisotopic (exact) mass is 561 g/mol. The van der Waals surface area contributed by atoms with Crippen molar-refractivity contribution in [1.82, 2.24) is 8.87 Å². The molecule has 3 aromatic rings. The van der Waals surface area contributed by atoms with Gasteiger partial charge in [-0.25, -0.2) is 13.2 Å². The van der Waals surface area contributed by atoms with Gasteiger partial charge in [0.15, 0.2) is 4.80 Å². The molecule has 1 fully saturated rings. The van der Waals surface area contributed by atoms with E-state index in [-0.39, 0.29) is 42.4 Å². The van der Waals surface area contributed by atoms with E-state index in [0.29, 0.717) is 23.5 Å². The Labute approximate surface area is 225 Å². The average molecular weight is 562 g/mol. The molecule has 0 bridgehead atoms. The number of esters is 1. The number of hydrogen-bond acceptors (Lipinski definition) is 8. The van der Waals surface area contributed by atoms with E-state index in [2.05, 4.69) is 4.99 Å². The fourth-order valence-electron chi connectivity index (χ4n) is 4.30. The number of fused-ring (bicyclic) bond motifs is 1. The van der Waals surface area contributed by atoms with Crippen molar-refractivity contribution in [2.45, 2.75) is 44.4 Å². The van der Waals surface area contributed by atoms with E-state index in [4.69, 9.17) is 14.2 Å². The summed E-state index contributed by atoms with van der Waals surface area (Å²) in [6.45, 7) is 7.09. The summed E-state index contributed by atoms with van der Waals surface area (Å²) in [5.74, 6) is -0.928. The molecule has 1 aliphatic rings. The first-order valence-electron chi connectivity index (χ1n) is 12.3. The number of hydrogen-bond donors (Lipinski definition) is 0. The van der Waals surface area contributed by atoms with E-state index < -0.39 is 21.9 Å². The van der Waals surface area contributed by atoms with Crippen molar-refractivity contribution in [1.29, 1.82) is 0 Å². The second-order valence-electron chi connectivity index (χ2n) is 8.95. The van der Waals surface area contributed by atoms with Crippen LogP contribution in [0.1, 0.15) is 41.5 Å². The van der Waals surface area contributed by atoms with E-state index >= 15 is 0 Å². The third-order valence-electron chi connectivity index (χ3n) is 6.04. The molecule has 2 heterocycles. The van der Waals surface area contributed by atoms with E-state index in [9.17, 15) is 18.0 Å². The van der Waals surface area contributed by atoms with Crippen molar-refractivity contribution in [3.8, 4) is 0 Å². The number of sulfonamides is 1. The molecule has 1 aliphatic heterocycles. The quantitative estimate of drug-likeness (QED) is 0.388. The van der Waals surface area contributed by atoms with Gasteiger partial charge in [-0.3, -0.25) is 4.79 Å². The Balaban J connectivity index is 1.64. The minimum atomic E-state index is -3.72. The smallest absolute Gasteiger partial charge is 0.338 e. The molecule has 1 saturated heterocycles. The number of nitrogens with zero attached hydrogens (tertiary/aromatic N) is 3. The molecule has 12 heteroatoms. The summed E-state index contributed by atoms with van der Waals surface area (Å²) in [7, 11) is -2.13. The molecular weight excluding hydrogens is 530 g/mol. The number of rotatable bonds is 8. The van der Waals surface area contributed by atoms with Gasteiger partial charge in [-0.15, -0.1) is 0 Å². The number of benzene rings is 2. The molecule has 1 amide bonds. The normalized spacial score (nSPS) is 19.1. The van der Waals surface area contributed by atoms with Crippen LogP contribution >= 0.6 is 11.3 Å². The molecule has 0 spiro atoms. The summed E-state index contributed by atoms with van der Waals surface area (Å²) >= 11 is 1.27. The highest BCUT2D eigenvalue weighted by atomic mass is 32.2. The lowest BCUT2D eigenvalue weighted by Crippen LogP contribution is -2.48. The molecule has 0 aliphatic carbocycles. The molecule has 0 saturated carbocycles. The second-order valence-corrected chi connectivity index (χ2v) is 11.9. The van der Waals surface area contributed by atoms with Crippen molar-refractivity contribution >= 4 is 43.5 Å². The van der Waals surface area contributed by atoms with Crippen LogP contribution in [-0.2, 0) is 30.8 Å². The number of ether oxygens (including phenoxy) is 3. The van der Waals surface area contributed by atoms with Crippen molar-refractivity contribution in [2.75, 3.05) is 33.4 Å². The van der Waals surface area contributed by atoms with Crippen LogP contribution in [0.15, 0.2) is 52.4 Å². The van der Waals surface area contributed by atoms with E-state index in [1.54, 1.807) is 32.2 Å². The Kier molecular flexibility index (Phi) is 8.78. The lowest BCUT2D eigenvalue weighted by molar-refractivity contribution is -0.0440. The van der Waals surface area contributed by atoms with Gasteiger partial charge in [-0.2, -0.15) is 9.30 Å². The van der Waals surface area contributed by atoms with Gasteiger partial charge in [0.25, 0.3) is 5.91 Å². The van der Waals surface area contributed by atoms with Gasteiger partial charge in [0.1, 0.15) is 0 Å². The molecule has 10 nitrogen and oxygen atoms in total. The number of morpholine rings is 1. The fraction of sp³-hybridized carbons (Fsp3) is 0.423. The number of thiazole rings is 1. The molecule has 38 heavy (non-hydrogen) atoms. The Bertz CT molecular complexity index is 1480. The van der Waals surface area contributed by atoms with Crippen LogP contribution in [0, 0.1) is 0 Å². The predicted molar refractivity (Wildman–Crippen MR) is 143 cm³/mol. The number of carbonyl (C=O) groups is 2. The Hall–Kier alpha value is -2.90. The zero-order valence-corrected chi connectivity index (χ0v) is 23.4. The maximum atomic E-state index is 13.1. The number of carbonyl (C=O) groups excluding carboxylic acids is 2. The molecular formula is C26H31N3O7S2. The Morgan fingerprint density at radius 3 is 2.37 bits per heavy atom. The van der Waals surface area contributed by atoms with Gasteiger partial charge in [0, 0.05) is 32.3 Å². The van der Waals surface area contributed by atoms with Crippen LogP contribution < -0.4 is 4.80 Å². The van der Waals surface area contributed by atoms with Crippen LogP contribution in [-0.4, -0.2) is 74.8 Å². The summed E-state index contributed by atoms with van der Waals surface area (Å²) < 4.78 is 46.3. The standard InChI is InChI=1S/C26H31N3O7S2/c1-5-35-25(31)20-8-11-22-23(14-20)37-26(29(22)12-13-34-4)27-24(30)19-6-9-21(10-7-19)38(32,33)28-15-17(2)36-18(3)16-28/h6-11,14,17-18H,5,12-13,15-16H2,1-4H3. The SMILES string of the molecule is CCOC(=O)c1ccc2c(c1)sc(=NC(=O)c1ccc(S(=O)(=O)N3CC(C)OC(C)C3)cc1)n2CCOC. The maximum absolute atomic E-state index is 13.1. The third-order valence-corrected chi connectivity index (χ3v) is 8.92. The zero-order valence-electron chi connectivity index (χ0n) is 21.7. The Morgan fingerprint density at radius 2 is 1.74 bits per heavy atom. The van der Waals surface area contributed by atoms with Crippen LogP contribution in [0.3, 0.4) is 0 Å². The lowest BCUT2D eigenvalue weighted by atomic mass is 10.2. The molecule has 204 valence electrons. The second kappa shape index (κ2) is 11.9. The van der Waals surface area contributed by atoms with E-state index in [1.165, 1.54) is 39.9 Å². The largest absolute Gasteiger partial charge is 0.462 e. The van der Waals surface area contributed by atoms with Crippen molar-refractivity contribution < 1.29 is 32.2 Å². The summed E-state index contributed by atoms with van der Waals surface area (Å²) in [4.78, 5) is 30.1. The van der Waals surface area contributed by atoms with Crippen LogP contribution in [0.5, 0.6) is 0 Å². The molecule has 1 aromatic heterocycles. The molecule has 0 radical (unpaired) electrons. The van der Waals surface area contributed by atoms with Gasteiger partial charge in [-0.05, 0) is 63.2 Å². The van der Waals surface area contributed by atoms with Crippen LogP contribution in [0.4, 0.5) is 0 Å². The average Bonchev–Trinajstić information content (AvgIpc) is 3.22. The molecule has 2 unspecified atom stereocenters. The minimum Gasteiger partial charge on any atom is -0.462 e. The highest BCUT2D eigenvalue weighted by molar-refractivity contribution is 7.89. The van der Waals surface area contributed by atoms with Gasteiger partial charge < -0.3 is 18.8 Å². The van der Waals surface area contributed by atoms with Gasteiger partial charge in [0.2, 0.25) is 10.0 Å². The van der Waals surface area contributed by atoms with Crippen molar-refractivity contribution in [3.63, 3.8) is 0 Å². The Morgan fingerprint density at radius 1 is 1.08 bits per heavy atom. The van der Waals surface area contributed by atoms with Gasteiger partial charge in [0.05, 0.1) is 46.1 Å². The summed E-state index contributed by atoms with van der Waals surface area (Å²) in [5, 5.41) is 0. The molecule has 0 N–H and O–H groups in total. The highest BCUT2D eigenvalue weighted by Crippen LogP contribution is 2.23. The summed E-state index contributed by atoms with van der Waals surface area (Å²) in [6.07, 6.45) is -0.402. The predicted octanol–water partition coefficient (Wildman–Crippen LogP) is 3.06. The number of methoxy groups -OCH3 is 1. The van der Waals surface area contributed by atoms with Crippen LogP contribution in [0.2, 0.25) is 0 Å². The zero-order chi connectivity index (χ0) is 27.4. The summed E-state index contributed by atoms with van der Waals surface area (Å²) in [5.41, 5.74) is 1.48. The number of aromatic nitrogens is 1. The number of amides is 1. The maximum Gasteiger partial charge on any atom is 0.338 e. The summed E-state index contributed by atoms with van der Waals surface area (Å²) in [6, 6.07) is 11.0.